The van der Waals surface area contributed by atoms with Crippen LogP contribution in [0.3, 0.4) is 0 Å². The van der Waals surface area contributed by atoms with E-state index in [4.69, 9.17) is 4.74 Å². The zero-order valence-corrected chi connectivity index (χ0v) is 13.4. The molecule has 0 fully saturated rings. The first-order chi connectivity index (χ1) is 11.1. The summed E-state index contributed by atoms with van der Waals surface area (Å²) in [6.07, 6.45) is 0.844. The minimum atomic E-state index is -0.341. The van der Waals surface area contributed by atoms with Crippen molar-refractivity contribution in [2.45, 2.75) is 20.3 Å². The van der Waals surface area contributed by atoms with Crippen LogP contribution in [-0.2, 0) is 4.74 Å². The monoisotopic (exact) mass is 311 g/mol. The number of hydrogen-bond acceptors (Lipinski definition) is 3. The molecule has 120 valence electrons. The van der Waals surface area contributed by atoms with Crippen molar-refractivity contribution < 1.29 is 14.3 Å². The van der Waals surface area contributed by atoms with Crippen molar-refractivity contribution in [3.8, 4) is 0 Å². The highest BCUT2D eigenvalue weighted by Gasteiger charge is 2.09. The van der Waals surface area contributed by atoms with Crippen LogP contribution in [0.4, 0.5) is 5.69 Å². The van der Waals surface area contributed by atoms with Crippen LogP contribution in [0.15, 0.2) is 54.6 Å². The van der Waals surface area contributed by atoms with Gasteiger partial charge < -0.3 is 10.1 Å². The van der Waals surface area contributed by atoms with Crippen molar-refractivity contribution in [3.05, 3.63) is 65.7 Å². The second-order valence-electron chi connectivity index (χ2n) is 5.72. The van der Waals surface area contributed by atoms with Crippen LogP contribution in [0, 0.1) is 5.92 Å². The highest BCUT2D eigenvalue weighted by Crippen LogP contribution is 2.13. The fourth-order valence-electron chi connectivity index (χ4n) is 1.95. The Morgan fingerprint density at radius 3 is 2.22 bits per heavy atom. The molecule has 0 spiro atoms. The van der Waals surface area contributed by atoms with Gasteiger partial charge in [0.1, 0.15) is 0 Å². The largest absolute Gasteiger partial charge is 0.462 e. The van der Waals surface area contributed by atoms with E-state index in [1.807, 2.05) is 18.2 Å². The summed E-state index contributed by atoms with van der Waals surface area (Å²) >= 11 is 0. The average molecular weight is 311 g/mol. The summed E-state index contributed by atoms with van der Waals surface area (Å²) < 4.78 is 5.20. The number of amides is 1. The third kappa shape index (κ3) is 5.25. The molecule has 1 N–H and O–H groups in total. The van der Waals surface area contributed by atoms with E-state index in [0.29, 0.717) is 29.3 Å². The lowest BCUT2D eigenvalue weighted by Crippen LogP contribution is -2.12. The molecule has 0 saturated carbocycles. The molecule has 0 heterocycles. The Morgan fingerprint density at radius 2 is 1.61 bits per heavy atom. The zero-order valence-electron chi connectivity index (χ0n) is 13.4. The first-order valence-electron chi connectivity index (χ1n) is 7.70. The molecule has 23 heavy (non-hydrogen) atoms. The van der Waals surface area contributed by atoms with E-state index in [1.165, 1.54) is 0 Å². The Balaban J connectivity index is 1.91. The van der Waals surface area contributed by atoms with Crippen molar-refractivity contribution in [1.82, 2.24) is 0 Å². The van der Waals surface area contributed by atoms with Crippen LogP contribution < -0.4 is 5.32 Å². The molecule has 0 radical (unpaired) electrons. The topological polar surface area (TPSA) is 55.4 Å². The summed E-state index contributed by atoms with van der Waals surface area (Å²) in [5.74, 6) is -0.0252. The van der Waals surface area contributed by atoms with Gasteiger partial charge in [-0.3, -0.25) is 4.79 Å². The van der Waals surface area contributed by atoms with Crippen LogP contribution in [0.2, 0.25) is 0 Å². The van der Waals surface area contributed by atoms with E-state index >= 15 is 0 Å². The van der Waals surface area contributed by atoms with Gasteiger partial charge >= 0.3 is 5.97 Å². The Hall–Kier alpha value is -2.62. The van der Waals surface area contributed by atoms with Crippen LogP contribution in [0.5, 0.6) is 0 Å². The van der Waals surface area contributed by atoms with Gasteiger partial charge in [0.25, 0.3) is 5.91 Å². The summed E-state index contributed by atoms with van der Waals surface area (Å²) in [7, 11) is 0. The van der Waals surface area contributed by atoms with E-state index in [9.17, 15) is 9.59 Å². The van der Waals surface area contributed by atoms with Crippen molar-refractivity contribution >= 4 is 17.6 Å². The molecule has 0 aliphatic heterocycles. The third-order valence-corrected chi connectivity index (χ3v) is 3.34. The number of hydrogen-bond donors (Lipinski definition) is 1. The number of rotatable bonds is 6. The smallest absolute Gasteiger partial charge is 0.338 e. The second kappa shape index (κ2) is 8.13. The Morgan fingerprint density at radius 1 is 0.957 bits per heavy atom. The predicted octanol–water partition coefficient (Wildman–Crippen LogP) is 4.14. The maximum Gasteiger partial charge on any atom is 0.338 e. The summed E-state index contributed by atoms with van der Waals surface area (Å²) in [6.45, 7) is 4.58. The molecule has 0 unspecified atom stereocenters. The Labute approximate surface area is 136 Å². The van der Waals surface area contributed by atoms with Gasteiger partial charge in [-0.25, -0.2) is 4.79 Å². The van der Waals surface area contributed by atoms with Crippen molar-refractivity contribution in [1.29, 1.82) is 0 Å². The molecule has 2 aromatic rings. The van der Waals surface area contributed by atoms with Gasteiger partial charge in [-0.15, -0.1) is 0 Å². The summed E-state index contributed by atoms with van der Waals surface area (Å²) in [4.78, 5) is 23.9. The van der Waals surface area contributed by atoms with Crippen LogP contribution in [0.25, 0.3) is 0 Å². The molecule has 0 aliphatic rings. The highest BCUT2D eigenvalue weighted by molar-refractivity contribution is 6.04. The lowest BCUT2D eigenvalue weighted by atomic mass is 10.1. The SMILES string of the molecule is CC(C)CCOC(=O)c1ccc(NC(=O)c2ccccc2)cc1. The van der Waals surface area contributed by atoms with E-state index in [1.54, 1.807) is 36.4 Å². The fourth-order valence-corrected chi connectivity index (χ4v) is 1.95. The second-order valence-corrected chi connectivity index (χ2v) is 5.72. The number of esters is 1. The number of benzene rings is 2. The first-order valence-corrected chi connectivity index (χ1v) is 7.70. The van der Waals surface area contributed by atoms with E-state index in [-0.39, 0.29) is 11.9 Å². The number of anilines is 1. The quantitative estimate of drug-likeness (QED) is 0.816. The van der Waals surface area contributed by atoms with Crippen molar-refractivity contribution in [2.24, 2.45) is 5.92 Å². The van der Waals surface area contributed by atoms with Crippen LogP contribution in [-0.4, -0.2) is 18.5 Å². The summed E-state index contributed by atoms with van der Waals surface area (Å²) in [5, 5.41) is 2.79. The molecule has 0 atom stereocenters. The number of carbonyl (C=O) groups excluding carboxylic acids is 2. The minimum Gasteiger partial charge on any atom is -0.462 e. The molecule has 0 saturated heterocycles. The van der Waals surface area contributed by atoms with Gasteiger partial charge in [0.05, 0.1) is 12.2 Å². The summed E-state index contributed by atoms with van der Waals surface area (Å²) in [6, 6.07) is 15.7. The number of carbonyl (C=O) groups is 2. The van der Waals surface area contributed by atoms with E-state index in [2.05, 4.69) is 19.2 Å². The molecule has 1 amide bonds. The predicted molar refractivity (Wildman–Crippen MR) is 90.6 cm³/mol. The van der Waals surface area contributed by atoms with Gasteiger partial charge in [0.15, 0.2) is 0 Å². The molecule has 0 bridgehead atoms. The van der Waals surface area contributed by atoms with Gasteiger partial charge in [-0.1, -0.05) is 32.0 Å². The molecular formula is C19H21NO3. The maximum atomic E-state index is 12.0. The normalized spacial score (nSPS) is 10.4. The lowest BCUT2D eigenvalue weighted by Gasteiger charge is -2.08. The number of nitrogens with one attached hydrogen (secondary N) is 1. The molecule has 2 aromatic carbocycles. The number of ether oxygens (including phenoxy) is 1. The fraction of sp³-hybridized carbons (Fsp3) is 0.263. The van der Waals surface area contributed by atoms with Crippen molar-refractivity contribution in [3.63, 3.8) is 0 Å². The highest BCUT2D eigenvalue weighted by atomic mass is 16.5. The van der Waals surface area contributed by atoms with Gasteiger partial charge in [0, 0.05) is 11.3 Å². The standard InChI is InChI=1S/C19H21NO3/c1-14(2)12-13-23-19(22)16-8-10-17(11-9-16)20-18(21)15-6-4-3-5-7-15/h3-11,14H,12-13H2,1-2H3,(H,20,21). The average Bonchev–Trinajstić information content (AvgIpc) is 2.56. The zero-order chi connectivity index (χ0) is 16.7. The summed E-state index contributed by atoms with van der Waals surface area (Å²) in [5.41, 5.74) is 1.70. The molecule has 4 heteroatoms. The third-order valence-electron chi connectivity index (χ3n) is 3.34. The van der Waals surface area contributed by atoms with E-state index in [0.717, 1.165) is 6.42 Å². The van der Waals surface area contributed by atoms with Gasteiger partial charge in [-0.05, 0) is 48.7 Å². The first kappa shape index (κ1) is 16.7. The Kier molecular flexibility index (Phi) is 5.92. The maximum absolute atomic E-state index is 12.0. The van der Waals surface area contributed by atoms with Crippen LogP contribution in [0.1, 0.15) is 41.0 Å². The van der Waals surface area contributed by atoms with E-state index < -0.39 is 0 Å². The molecule has 4 nitrogen and oxygen atoms in total. The molecule has 0 aliphatic carbocycles. The van der Waals surface area contributed by atoms with Crippen molar-refractivity contribution in [2.75, 3.05) is 11.9 Å². The molecule has 2 rings (SSSR count). The van der Waals surface area contributed by atoms with Gasteiger partial charge in [-0.2, -0.15) is 0 Å². The lowest BCUT2D eigenvalue weighted by molar-refractivity contribution is 0.0488. The minimum absolute atomic E-state index is 0.183. The van der Waals surface area contributed by atoms with Crippen LogP contribution >= 0.6 is 0 Å². The van der Waals surface area contributed by atoms with Gasteiger partial charge in [0.2, 0.25) is 0 Å². The molecular weight excluding hydrogens is 290 g/mol. The molecule has 0 aromatic heterocycles. The Bertz CT molecular complexity index is 648.